The van der Waals surface area contributed by atoms with Crippen LogP contribution in [0.25, 0.3) is 0 Å². The van der Waals surface area contributed by atoms with Gasteiger partial charge in [-0.25, -0.2) is 0 Å². The van der Waals surface area contributed by atoms with Gasteiger partial charge in [-0.2, -0.15) is 0 Å². The topological polar surface area (TPSA) is 35.8 Å². The van der Waals surface area contributed by atoms with Crippen LogP contribution in [0.2, 0.25) is 5.02 Å². The van der Waals surface area contributed by atoms with Crippen molar-refractivity contribution in [2.45, 2.75) is 43.6 Å². The maximum atomic E-state index is 11.3. The first-order valence-corrected chi connectivity index (χ1v) is 8.45. The predicted octanol–water partition coefficient (Wildman–Crippen LogP) is 3.98. The van der Waals surface area contributed by atoms with Crippen LogP contribution in [-0.2, 0) is 0 Å². The molecule has 1 heterocycles. The van der Waals surface area contributed by atoms with Gasteiger partial charge in [0.25, 0.3) is 0 Å². The lowest BCUT2D eigenvalue weighted by atomic mass is 9.72. The molecular formula is C18H23ClN2O. The van der Waals surface area contributed by atoms with Crippen molar-refractivity contribution in [2.75, 3.05) is 13.1 Å². The molecule has 1 N–H and O–H groups in total. The Morgan fingerprint density at radius 1 is 1.27 bits per heavy atom. The van der Waals surface area contributed by atoms with E-state index in [0.717, 1.165) is 49.4 Å². The second kappa shape index (κ2) is 6.84. The van der Waals surface area contributed by atoms with Gasteiger partial charge in [-0.15, -0.1) is 0 Å². The Morgan fingerprint density at radius 2 is 2.09 bits per heavy atom. The number of aliphatic hydroxyl groups is 1. The normalized spacial score (nSPS) is 21.8. The van der Waals surface area contributed by atoms with Crippen LogP contribution < -0.4 is 0 Å². The van der Waals surface area contributed by atoms with Crippen molar-refractivity contribution < 1.29 is 5.11 Å². The molecule has 4 heteroatoms. The Hall–Kier alpha value is -1.32. The molecule has 22 heavy (non-hydrogen) atoms. The summed E-state index contributed by atoms with van der Waals surface area (Å²) in [4.78, 5) is 6.33. The first-order valence-electron chi connectivity index (χ1n) is 8.08. The molecule has 1 atom stereocenters. The van der Waals surface area contributed by atoms with Crippen LogP contribution in [0.15, 0.2) is 41.7 Å². The maximum Gasteiger partial charge on any atom is 0.0733 e. The molecule has 3 nitrogen and oxygen atoms in total. The fourth-order valence-electron chi connectivity index (χ4n) is 3.60. The highest BCUT2D eigenvalue weighted by atomic mass is 35.5. The van der Waals surface area contributed by atoms with Gasteiger partial charge < -0.3 is 10.0 Å². The second-order valence-corrected chi connectivity index (χ2v) is 6.79. The number of benzene rings is 1. The number of halogens is 1. The molecule has 3 rings (SSSR count). The monoisotopic (exact) mass is 318 g/mol. The van der Waals surface area contributed by atoms with Gasteiger partial charge >= 0.3 is 0 Å². The molecule has 1 aromatic carbocycles. The van der Waals surface area contributed by atoms with E-state index in [1.807, 2.05) is 36.8 Å². The molecule has 0 amide bonds. The molecule has 1 aliphatic heterocycles. The summed E-state index contributed by atoms with van der Waals surface area (Å²) in [7, 11) is 0. The Balaban J connectivity index is 1.87. The summed E-state index contributed by atoms with van der Waals surface area (Å²) in [5.41, 5.74) is 0.499. The zero-order valence-corrected chi connectivity index (χ0v) is 13.5. The summed E-state index contributed by atoms with van der Waals surface area (Å²) >= 11 is 6.19. The Kier molecular flexibility index (Phi) is 4.84. The van der Waals surface area contributed by atoms with Gasteiger partial charge in [0.2, 0.25) is 0 Å². The summed E-state index contributed by atoms with van der Waals surface area (Å²) in [5.74, 6) is 0.0719. The van der Waals surface area contributed by atoms with Crippen LogP contribution in [0.5, 0.6) is 0 Å². The van der Waals surface area contributed by atoms with Crippen LogP contribution in [-0.4, -0.2) is 34.9 Å². The summed E-state index contributed by atoms with van der Waals surface area (Å²) in [6.45, 7) is 1.59. The minimum absolute atomic E-state index is 0.0719. The molecule has 118 valence electrons. The summed E-state index contributed by atoms with van der Waals surface area (Å²) in [5, 5.41) is 12.0. The van der Waals surface area contributed by atoms with Crippen LogP contribution in [0.3, 0.4) is 0 Å². The third-order valence-corrected chi connectivity index (χ3v) is 5.06. The molecule has 1 saturated carbocycles. The van der Waals surface area contributed by atoms with Gasteiger partial charge in [0.05, 0.1) is 12.1 Å². The minimum Gasteiger partial charge on any atom is -0.389 e. The van der Waals surface area contributed by atoms with Crippen molar-refractivity contribution in [3.05, 3.63) is 47.3 Å². The van der Waals surface area contributed by atoms with E-state index in [1.54, 1.807) is 0 Å². The number of hydrogen-bond donors (Lipinski definition) is 1. The molecule has 0 bridgehead atoms. The van der Waals surface area contributed by atoms with E-state index in [2.05, 4.69) is 16.0 Å². The third kappa shape index (κ3) is 3.53. The number of hydrogen-bond acceptors (Lipinski definition) is 3. The van der Waals surface area contributed by atoms with Gasteiger partial charge in [0, 0.05) is 36.1 Å². The predicted molar refractivity (Wildman–Crippen MR) is 91.4 cm³/mol. The highest BCUT2D eigenvalue weighted by Crippen LogP contribution is 2.41. The van der Waals surface area contributed by atoms with Gasteiger partial charge in [-0.3, -0.25) is 4.99 Å². The quantitative estimate of drug-likeness (QED) is 0.911. The van der Waals surface area contributed by atoms with Crippen LogP contribution in [0, 0.1) is 0 Å². The van der Waals surface area contributed by atoms with Crippen molar-refractivity contribution >= 4 is 17.8 Å². The molecule has 0 aromatic heterocycles. The smallest absolute Gasteiger partial charge is 0.0733 e. The fourth-order valence-corrected chi connectivity index (χ4v) is 3.80. The Bertz CT molecular complexity index is 564. The van der Waals surface area contributed by atoms with Crippen LogP contribution >= 0.6 is 11.6 Å². The zero-order valence-electron chi connectivity index (χ0n) is 12.8. The fraction of sp³-hybridized carbons (Fsp3) is 0.500. The number of rotatable bonds is 4. The van der Waals surface area contributed by atoms with Crippen LogP contribution in [0.1, 0.15) is 43.6 Å². The maximum absolute atomic E-state index is 11.3. The largest absolute Gasteiger partial charge is 0.389 e. The van der Waals surface area contributed by atoms with E-state index in [9.17, 15) is 5.11 Å². The van der Waals surface area contributed by atoms with Gasteiger partial charge in [-0.05, 0) is 30.5 Å². The van der Waals surface area contributed by atoms with E-state index in [0.29, 0.717) is 0 Å². The van der Waals surface area contributed by atoms with Crippen LogP contribution in [0.4, 0.5) is 0 Å². The first-order chi connectivity index (χ1) is 10.7. The lowest BCUT2D eigenvalue weighted by molar-refractivity contribution is -0.0271. The number of nitrogens with zero attached hydrogens (tertiary/aromatic N) is 2. The van der Waals surface area contributed by atoms with Gasteiger partial charge in [-0.1, -0.05) is 43.0 Å². The molecule has 0 spiro atoms. The summed E-state index contributed by atoms with van der Waals surface area (Å²) in [6.07, 6.45) is 10.9. The SMILES string of the molecule is OC1(C(CN2C=CN=CC2)c2cccc(Cl)c2)CCCCC1. The van der Waals surface area contributed by atoms with E-state index >= 15 is 0 Å². The highest BCUT2D eigenvalue weighted by Gasteiger charge is 2.39. The van der Waals surface area contributed by atoms with Crippen molar-refractivity contribution in [3.8, 4) is 0 Å². The standard InChI is InChI=1S/C18H23ClN2O/c19-16-6-4-5-15(13-16)17(14-21-11-9-20-10-12-21)18(22)7-2-1-3-8-18/h4-6,9-11,13,17,22H,1-3,7-8,12,14H2. The lowest BCUT2D eigenvalue weighted by Gasteiger charge is -2.41. The molecule has 0 radical (unpaired) electrons. The molecule has 1 aliphatic carbocycles. The van der Waals surface area contributed by atoms with Crippen molar-refractivity contribution in [2.24, 2.45) is 4.99 Å². The molecule has 1 aromatic rings. The highest BCUT2D eigenvalue weighted by molar-refractivity contribution is 6.30. The van der Waals surface area contributed by atoms with Gasteiger partial charge in [0.15, 0.2) is 0 Å². The Morgan fingerprint density at radius 3 is 2.77 bits per heavy atom. The van der Waals surface area contributed by atoms with E-state index in [-0.39, 0.29) is 5.92 Å². The first kappa shape index (κ1) is 15.6. The minimum atomic E-state index is -0.634. The molecular weight excluding hydrogens is 296 g/mol. The third-order valence-electron chi connectivity index (χ3n) is 4.82. The van der Waals surface area contributed by atoms with E-state index in [4.69, 9.17) is 11.6 Å². The Labute approximate surface area is 137 Å². The number of aliphatic imine (C=N–C) groups is 1. The van der Waals surface area contributed by atoms with E-state index in [1.165, 1.54) is 6.42 Å². The summed E-state index contributed by atoms with van der Waals surface area (Å²) < 4.78 is 0. The average molecular weight is 319 g/mol. The van der Waals surface area contributed by atoms with Crippen molar-refractivity contribution in [1.29, 1.82) is 0 Å². The lowest BCUT2D eigenvalue weighted by Crippen LogP contribution is -2.43. The summed E-state index contributed by atoms with van der Waals surface area (Å²) in [6, 6.07) is 7.95. The van der Waals surface area contributed by atoms with Crippen molar-refractivity contribution in [1.82, 2.24) is 4.90 Å². The molecule has 1 unspecified atom stereocenters. The van der Waals surface area contributed by atoms with E-state index < -0.39 is 5.60 Å². The van der Waals surface area contributed by atoms with Gasteiger partial charge in [0.1, 0.15) is 0 Å². The molecule has 0 saturated heterocycles. The molecule has 2 aliphatic rings. The molecule has 1 fully saturated rings. The second-order valence-electron chi connectivity index (χ2n) is 6.36. The zero-order chi connectivity index (χ0) is 15.4. The van der Waals surface area contributed by atoms with Crippen molar-refractivity contribution in [3.63, 3.8) is 0 Å². The average Bonchev–Trinajstić information content (AvgIpc) is 2.54.